The fourth-order valence-corrected chi connectivity index (χ4v) is 5.22. The van der Waals surface area contributed by atoms with Crippen LogP contribution in [0.25, 0.3) is 10.9 Å². The SMILES string of the molecule is COc1nc2ccc(Br)cc2cc1C(c1ccccc1)N1CCN(c2cccc(C(F)(F)F)c2)CC1. The molecule has 186 valence electrons. The second-order valence-electron chi connectivity index (χ2n) is 8.81. The average molecular weight is 556 g/mol. The van der Waals surface area contributed by atoms with Crippen LogP contribution >= 0.6 is 15.9 Å². The molecule has 0 N–H and O–H groups in total. The van der Waals surface area contributed by atoms with Crippen molar-refractivity contribution in [3.8, 4) is 5.88 Å². The minimum absolute atomic E-state index is 0.110. The molecule has 0 radical (unpaired) electrons. The molecular formula is C28H25BrF3N3O. The van der Waals surface area contributed by atoms with Crippen molar-refractivity contribution in [2.75, 3.05) is 38.2 Å². The number of hydrogen-bond donors (Lipinski definition) is 0. The van der Waals surface area contributed by atoms with Gasteiger partial charge in [-0.15, -0.1) is 0 Å². The number of fused-ring (bicyclic) bond motifs is 1. The van der Waals surface area contributed by atoms with Gasteiger partial charge in [0.15, 0.2) is 0 Å². The third-order valence-corrected chi connectivity index (χ3v) is 7.08. The molecule has 4 nitrogen and oxygen atoms in total. The number of benzene rings is 3. The van der Waals surface area contributed by atoms with E-state index in [0.717, 1.165) is 32.6 Å². The number of methoxy groups -OCH3 is 1. The monoisotopic (exact) mass is 555 g/mol. The Hall–Kier alpha value is -3.10. The first kappa shape index (κ1) is 24.6. The van der Waals surface area contributed by atoms with Crippen molar-refractivity contribution in [3.05, 3.63) is 100 Å². The van der Waals surface area contributed by atoms with E-state index in [9.17, 15) is 13.2 Å². The summed E-state index contributed by atoms with van der Waals surface area (Å²) < 4.78 is 46.4. The van der Waals surface area contributed by atoms with Crippen LogP contribution in [-0.2, 0) is 6.18 Å². The largest absolute Gasteiger partial charge is 0.481 e. The molecule has 4 aromatic rings. The maximum absolute atomic E-state index is 13.2. The Morgan fingerprint density at radius 2 is 1.64 bits per heavy atom. The molecule has 1 aliphatic rings. The number of nitrogens with zero attached hydrogens (tertiary/aromatic N) is 3. The minimum atomic E-state index is -4.36. The molecular weight excluding hydrogens is 531 g/mol. The van der Waals surface area contributed by atoms with Crippen LogP contribution in [0.1, 0.15) is 22.7 Å². The van der Waals surface area contributed by atoms with E-state index in [-0.39, 0.29) is 6.04 Å². The van der Waals surface area contributed by atoms with Crippen molar-refractivity contribution in [3.63, 3.8) is 0 Å². The molecule has 0 saturated carbocycles. The number of rotatable bonds is 5. The maximum atomic E-state index is 13.2. The van der Waals surface area contributed by atoms with Gasteiger partial charge in [-0.1, -0.05) is 52.3 Å². The van der Waals surface area contributed by atoms with E-state index in [0.29, 0.717) is 37.7 Å². The summed E-state index contributed by atoms with van der Waals surface area (Å²) in [5.41, 5.74) is 2.89. The van der Waals surface area contributed by atoms with Crippen LogP contribution in [0.15, 0.2) is 83.3 Å². The van der Waals surface area contributed by atoms with Crippen molar-refractivity contribution in [2.45, 2.75) is 12.2 Å². The zero-order chi connectivity index (χ0) is 25.3. The van der Waals surface area contributed by atoms with Crippen LogP contribution in [0.4, 0.5) is 18.9 Å². The number of ether oxygens (including phenoxy) is 1. The standard InChI is InChI=1S/C28H25BrF3N3O/c1-36-27-24(17-20-16-22(29)10-11-25(20)33-27)26(19-6-3-2-4-7-19)35-14-12-34(13-15-35)23-9-5-8-21(18-23)28(30,31)32/h2-11,16-18,26H,12-15H2,1H3. The average Bonchev–Trinajstić information content (AvgIpc) is 2.89. The third kappa shape index (κ3) is 5.06. The second-order valence-corrected chi connectivity index (χ2v) is 9.72. The highest BCUT2D eigenvalue weighted by Crippen LogP contribution is 2.38. The molecule has 0 spiro atoms. The van der Waals surface area contributed by atoms with Crippen molar-refractivity contribution in [1.29, 1.82) is 0 Å². The van der Waals surface area contributed by atoms with E-state index < -0.39 is 11.7 Å². The first-order valence-electron chi connectivity index (χ1n) is 11.7. The lowest BCUT2D eigenvalue weighted by Crippen LogP contribution is -2.48. The van der Waals surface area contributed by atoms with Crippen molar-refractivity contribution in [2.24, 2.45) is 0 Å². The summed E-state index contributed by atoms with van der Waals surface area (Å²) in [6.45, 7) is 2.57. The lowest BCUT2D eigenvalue weighted by Gasteiger charge is -2.41. The summed E-state index contributed by atoms with van der Waals surface area (Å²) in [4.78, 5) is 9.15. The van der Waals surface area contributed by atoms with E-state index in [4.69, 9.17) is 9.72 Å². The minimum Gasteiger partial charge on any atom is -0.481 e. The predicted molar refractivity (Wildman–Crippen MR) is 140 cm³/mol. The number of anilines is 1. The smallest absolute Gasteiger partial charge is 0.416 e. The first-order chi connectivity index (χ1) is 17.3. The van der Waals surface area contributed by atoms with Gasteiger partial charge in [-0.2, -0.15) is 13.2 Å². The van der Waals surface area contributed by atoms with Gasteiger partial charge < -0.3 is 9.64 Å². The van der Waals surface area contributed by atoms with Crippen LogP contribution in [0.5, 0.6) is 5.88 Å². The molecule has 1 fully saturated rings. The molecule has 2 heterocycles. The molecule has 0 amide bonds. The predicted octanol–water partition coefficient (Wildman–Crippen LogP) is 6.94. The highest BCUT2D eigenvalue weighted by Gasteiger charge is 2.32. The van der Waals surface area contributed by atoms with Gasteiger partial charge >= 0.3 is 6.18 Å². The van der Waals surface area contributed by atoms with Crippen molar-refractivity contribution >= 4 is 32.5 Å². The van der Waals surface area contributed by atoms with Gasteiger partial charge in [0.05, 0.1) is 24.2 Å². The third-order valence-electron chi connectivity index (χ3n) is 6.59. The Morgan fingerprint density at radius 1 is 0.889 bits per heavy atom. The van der Waals surface area contributed by atoms with Gasteiger partial charge in [-0.05, 0) is 48.0 Å². The van der Waals surface area contributed by atoms with Gasteiger partial charge in [0.25, 0.3) is 0 Å². The highest BCUT2D eigenvalue weighted by atomic mass is 79.9. The molecule has 1 atom stereocenters. The molecule has 0 bridgehead atoms. The molecule has 1 aromatic heterocycles. The zero-order valence-electron chi connectivity index (χ0n) is 19.7. The normalized spacial score (nSPS) is 15.8. The Bertz CT molecular complexity index is 1360. The summed E-state index contributed by atoms with van der Waals surface area (Å²) in [5.74, 6) is 0.569. The number of aromatic nitrogens is 1. The lowest BCUT2D eigenvalue weighted by atomic mass is 9.95. The van der Waals surface area contributed by atoms with Crippen LogP contribution in [0.3, 0.4) is 0 Å². The number of pyridine rings is 1. The number of alkyl halides is 3. The molecule has 1 aliphatic heterocycles. The topological polar surface area (TPSA) is 28.6 Å². The van der Waals surface area contributed by atoms with Crippen molar-refractivity contribution < 1.29 is 17.9 Å². The number of hydrogen-bond acceptors (Lipinski definition) is 4. The molecule has 8 heteroatoms. The van der Waals surface area contributed by atoms with Crippen LogP contribution < -0.4 is 9.64 Å². The summed E-state index contributed by atoms with van der Waals surface area (Å²) in [6.07, 6.45) is -4.36. The fourth-order valence-electron chi connectivity index (χ4n) is 4.85. The van der Waals surface area contributed by atoms with E-state index in [1.54, 1.807) is 13.2 Å². The van der Waals surface area contributed by atoms with Crippen LogP contribution in [0.2, 0.25) is 0 Å². The second kappa shape index (κ2) is 10.1. The molecule has 5 rings (SSSR count). The summed E-state index contributed by atoms with van der Waals surface area (Å²) in [7, 11) is 1.63. The summed E-state index contributed by atoms with van der Waals surface area (Å²) >= 11 is 3.55. The van der Waals surface area contributed by atoms with E-state index in [1.807, 2.05) is 41.3 Å². The van der Waals surface area contributed by atoms with Crippen LogP contribution in [-0.4, -0.2) is 43.2 Å². The fraction of sp³-hybridized carbons (Fsp3) is 0.250. The van der Waals surface area contributed by atoms with E-state index >= 15 is 0 Å². The first-order valence-corrected chi connectivity index (χ1v) is 12.5. The highest BCUT2D eigenvalue weighted by molar-refractivity contribution is 9.10. The Morgan fingerprint density at radius 3 is 2.33 bits per heavy atom. The van der Waals surface area contributed by atoms with Gasteiger partial charge in [0.1, 0.15) is 0 Å². The molecule has 0 aliphatic carbocycles. The zero-order valence-corrected chi connectivity index (χ0v) is 21.3. The molecule has 3 aromatic carbocycles. The van der Waals surface area contributed by atoms with Gasteiger partial charge in [0.2, 0.25) is 5.88 Å². The number of piperazine rings is 1. The molecule has 1 unspecified atom stereocenters. The molecule has 1 saturated heterocycles. The van der Waals surface area contributed by atoms with Gasteiger partial charge in [-0.25, -0.2) is 4.98 Å². The lowest BCUT2D eigenvalue weighted by molar-refractivity contribution is -0.137. The van der Waals surface area contributed by atoms with Gasteiger partial charge in [-0.3, -0.25) is 4.90 Å². The molecule has 36 heavy (non-hydrogen) atoms. The number of halogens is 4. The Kier molecular flexibility index (Phi) is 6.90. The van der Waals surface area contributed by atoms with Crippen LogP contribution in [0, 0.1) is 0 Å². The van der Waals surface area contributed by atoms with Crippen molar-refractivity contribution in [1.82, 2.24) is 9.88 Å². The Balaban J connectivity index is 1.48. The van der Waals surface area contributed by atoms with E-state index in [1.165, 1.54) is 12.1 Å². The maximum Gasteiger partial charge on any atom is 0.416 e. The van der Waals surface area contributed by atoms with Gasteiger partial charge in [0, 0.05) is 47.3 Å². The quantitative estimate of drug-likeness (QED) is 0.267. The Labute approximate surface area is 216 Å². The van der Waals surface area contributed by atoms with E-state index in [2.05, 4.69) is 39.0 Å². The summed E-state index contributed by atoms with van der Waals surface area (Å²) in [5, 5.41) is 1.00. The summed E-state index contributed by atoms with van der Waals surface area (Å²) in [6, 6.07) is 23.7.